The van der Waals surface area contributed by atoms with Crippen molar-refractivity contribution in [3.8, 4) is 23.0 Å². The monoisotopic (exact) mass is 410 g/mol. The zero-order chi connectivity index (χ0) is 21.6. The molecule has 0 fully saturated rings. The molecule has 0 radical (unpaired) electrons. The summed E-state index contributed by atoms with van der Waals surface area (Å²) in [6.07, 6.45) is 0.724. The van der Waals surface area contributed by atoms with Gasteiger partial charge in [-0.3, -0.25) is 4.90 Å². The molecule has 0 spiro atoms. The molecule has 0 N–H and O–H groups in total. The van der Waals surface area contributed by atoms with E-state index in [0.717, 1.165) is 39.2 Å². The Morgan fingerprint density at radius 3 is 2.13 bits per heavy atom. The Morgan fingerprint density at radius 1 is 0.867 bits per heavy atom. The maximum absolute atomic E-state index is 12.9. The Kier molecular flexibility index (Phi) is 4.97. The van der Waals surface area contributed by atoms with Crippen molar-refractivity contribution in [1.82, 2.24) is 4.90 Å². The van der Waals surface area contributed by atoms with Crippen LogP contribution in [0, 0.1) is 0 Å². The molecule has 0 saturated heterocycles. The van der Waals surface area contributed by atoms with Crippen molar-refractivity contribution in [2.24, 2.45) is 0 Å². The van der Waals surface area contributed by atoms with E-state index in [1.807, 2.05) is 29.2 Å². The van der Waals surface area contributed by atoms with Crippen LogP contribution in [0.2, 0.25) is 0 Å². The molecule has 4 rings (SSSR count). The van der Waals surface area contributed by atoms with Crippen molar-refractivity contribution in [1.29, 1.82) is 0 Å². The average Bonchev–Trinajstić information content (AvgIpc) is 2.77. The molecule has 2 amide bonds. The quantitative estimate of drug-likeness (QED) is 0.607. The fourth-order valence-electron chi connectivity index (χ4n) is 4.25. The van der Waals surface area contributed by atoms with E-state index in [4.69, 9.17) is 18.9 Å². The minimum Gasteiger partial charge on any atom is -0.493 e. The van der Waals surface area contributed by atoms with E-state index in [9.17, 15) is 4.79 Å². The molecule has 0 bridgehead atoms. The molecule has 0 aromatic heterocycles. The van der Waals surface area contributed by atoms with E-state index in [0.29, 0.717) is 29.5 Å². The molecule has 0 atom stereocenters. The van der Waals surface area contributed by atoms with Crippen LogP contribution >= 0.6 is 0 Å². The van der Waals surface area contributed by atoms with Crippen molar-refractivity contribution in [3.05, 3.63) is 29.8 Å². The Bertz CT molecular complexity index is 1160. The van der Waals surface area contributed by atoms with Gasteiger partial charge in [-0.05, 0) is 47.0 Å². The molecule has 30 heavy (non-hydrogen) atoms. The van der Waals surface area contributed by atoms with Gasteiger partial charge < -0.3 is 23.8 Å². The fourth-order valence-corrected chi connectivity index (χ4v) is 4.25. The molecule has 1 aliphatic rings. The fraction of sp³-hybridized carbons (Fsp3) is 0.348. The van der Waals surface area contributed by atoms with Crippen LogP contribution in [0.3, 0.4) is 0 Å². The summed E-state index contributed by atoms with van der Waals surface area (Å²) in [7, 11) is 10.0. The van der Waals surface area contributed by atoms with E-state index < -0.39 is 0 Å². The number of fused-ring (bicyclic) bond motifs is 2. The normalized spacial score (nSPS) is 12.8. The Hall–Kier alpha value is -3.35. The second kappa shape index (κ2) is 7.48. The van der Waals surface area contributed by atoms with Gasteiger partial charge >= 0.3 is 6.03 Å². The van der Waals surface area contributed by atoms with Crippen molar-refractivity contribution in [2.75, 3.05) is 54.0 Å². The number of hydrogen-bond donors (Lipinski definition) is 0. The molecule has 158 valence electrons. The highest BCUT2D eigenvalue weighted by Crippen LogP contribution is 2.49. The molecule has 0 saturated carbocycles. The molecule has 3 aromatic carbocycles. The number of anilines is 1. The first-order valence-corrected chi connectivity index (χ1v) is 9.70. The van der Waals surface area contributed by atoms with E-state index in [1.54, 1.807) is 47.4 Å². The first-order chi connectivity index (χ1) is 14.4. The zero-order valence-electron chi connectivity index (χ0n) is 18.2. The number of benzene rings is 3. The van der Waals surface area contributed by atoms with Crippen molar-refractivity contribution < 1.29 is 23.7 Å². The van der Waals surface area contributed by atoms with Crippen LogP contribution in [0.5, 0.6) is 23.0 Å². The lowest BCUT2D eigenvalue weighted by Gasteiger charge is -2.33. The second-order valence-corrected chi connectivity index (χ2v) is 7.42. The molecule has 3 aromatic rings. The Morgan fingerprint density at radius 2 is 1.53 bits per heavy atom. The largest absolute Gasteiger partial charge is 0.493 e. The van der Waals surface area contributed by atoms with Gasteiger partial charge in [-0.2, -0.15) is 0 Å². The van der Waals surface area contributed by atoms with E-state index >= 15 is 0 Å². The molecule has 0 unspecified atom stereocenters. The average molecular weight is 410 g/mol. The van der Waals surface area contributed by atoms with Crippen LogP contribution in [0.4, 0.5) is 10.5 Å². The maximum Gasteiger partial charge on any atom is 0.323 e. The van der Waals surface area contributed by atoms with Gasteiger partial charge in [0.05, 0.1) is 34.1 Å². The predicted molar refractivity (Wildman–Crippen MR) is 118 cm³/mol. The van der Waals surface area contributed by atoms with Crippen LogP contribution in [-0.4, -0.2) is 60.0 Å². The van der Waals surface area contributed by atoms with Gasteiger partial charge in [0, 0.05) is 31.4 Å². The number of rotatable bonds is 4. The number of ether oxygens (including phenoxy) is 4. The second-order valence-electron chi connectivity index (χ2n) is 7.42. The number of hydrogen-bond acceptors (Lipinski definition) is 5. The number of methoxy groups -OCH3 is 4. The van der Waals surface area contributed by atoms with Crippen LogP contribution < -0.4 is 23.8 Å². The third-order valence-corrected chi connectivity index (χ3v) is 5.63. The summed E-state index contributed by atoms with van der Waals surface area (Å²) in [6.45, 7) is 0.591. The van der Waals surface area contributed by atoms with Gasteiger partial charge in [0.1, 0.15) is 0 Å². The summed E-state index contributed by atoms with van der Waals surface area (Å²) >= 11 is 0. The summed E-state index contributed by atoms with van der Waals surface area (Å²) < 4.78 is 22.5. The minimum absolute atomic E-state index is 0.0587. The van der Waals surface area contributed by atoms with Crippen LogP contribution in [0.1, 0.15) is 5.56 Å². The molecule has 1 heterocycles. The predicted octanol–water partition coefficient (Wildman–Crippen LogP) is 4.07. The lowest BCUT2D eigenvalue weighted by atomic mass is 9.91. The Labute approximate surface area is 175 Å². The van der Waals surface area contributed by atoms with Crippen molar-refractivity contribution in [2.45, 2.75) is 6.42 Å². The van der Waals surface area contributed by atoms with Gasteiger partial charge in [-0.15, -0.1) is 0 Å². The van der Waals surface area contributed by atoms with Crippen LogP contribution in [0.25, 0.3) is 21.5 Å². The summed E-state index contributed by atoms with van der Waals surface area (Å²) in [6, 6.07) is 7.86. The summed E-state index contributed by atoms with van der Waals surface area (Å²) in [5.41, 5.74) is 1.97. The van der Waals surface area contributed by atoms with Crippen LogP contribution in [-0.2, 0) is 6.42 Å². The molecule has 7 heteroatoms. The highest BCUT2D eigenvalue weighted by atomic mass is 16.5. The first-order valence-electron chi connectivity index (χ1n) is 9.70. The van der Waals surface area contributed by atoms with E-state index in [-0.39, 0.29) is 6.03 Å². The molecule has 7 nitrogen and oxygen atoms in total. The maximum atomic E-state index is 12.9. The van der Waals surface area contributed by atoms with Crippen molar-refractivity contribution >= 4 is 33.3 Å². The number of amides is 2. The number of urea groups is 1. The van der Waals surface area contributed by atoms with Crippen molar-refractivity contribution in [3.63, 3.8) is 0 Å². The SMILES string of the molecule is COc1cc2cc3c4c(cc(OC)c(OC)c4c2cc1OC)CCN3C(=O)N(C)C. The van der Waals surface area contributed by atoms with Gasteiger partial charge in [-0.25, -0.2) is 4.79 Å². The lowest BCUT2D eigenvalue weighted by molar-refractivity contribution is 0.224. The zero-order valence-corrected chi connectivity index (χ0v) is 18.2. The van der Waals surface area contributed by atoms with E-state index in [1.165, 1.54) is 0 Å². The topological polar surface area (TPSA) is 60.5 Å². The molecular weight excluding hydrogens is 384 g/mol. The van der Waals surface area contributed by atoms with Gasteiger partial charge in [0.15, 0.2) is 23.0 Å². The van der Waals surface area contributed by atoms with Gasteiger partial charge in [-0.1, -0.05) is 0 Å². The third kappa shape index (κ3) is 2.84. The smallest absolute Gasteiger partial charge is 0.323 e. The standard InChI is InChI=1S/C23H26N2O5/c1-24(2)23(26)25-8-7-13-10-19(29-5)22(30-6)21-15-12-18(28-4)17(27-3)11-14(15)9-16(25)20(13)21/h9-12H,7-8H2,1-6H3. The van der Waals surface area contributed by atoms with E-state index in [2.05, 4.69) is 0 Å². The summed E-state index contributed by atoms with van der Waals surface area (Å²) in [5, 5.41) is 3.76. The highest BCUT2D eigenvalue weighted by Gasteiger charge is 2.29. The van der Waals surface area contributed by atoms with Crippen LogP contribution in [0.15, 0.2) is 24.3 Å². The highest BCUT2D eigenvalue weighted by molar-refractivity contribution is 6.20. The summed E-state index contributed by atoms with van der Waals surface area (Å²) in [5.74, 6) is 2.55. The third-order valence-electron chi connectivity index (χ3n) is 5.63. The number of carbonyl (C=O) groups excluding carboxylic acids is 1. The molecule has 0 aliphatic carbocycles. The lowest BCUT2D eigenvalue weighted by Crippen LogP contribution is -2.42. The first kappa shape index (κ1) is 19.9. The summed E-state index contributed by atoms with van der Waals surface area (Å²) in [4.78, 5) is 16.3. The molecule has 1 aliphatic heterocycles. The Balaban J connectivity index is 2.19. The number of nitrogens with zero attached hydrogens (tertiary/aromatic N) is 2. The minimum atomic E-state index is -0.0587. The molecular formula is C23H26N2O5. The van der Waals surface area contributed by atoms with Gasteiger partial charge in [0.2, 0.25) is 0 Å². The number of carbonyl (C=O) groups is 1. The van der Waals surface area contributed by atoms with Gasteiger partial charge in [0.25, 0.3) is 0 Å².